The maximum absolute atomic E-state index is 13.8. The highest BCUT2D eigenvalue weighted by Crippen LogP contribution is 2.48. The van der Waals surface area contributed by atoms with Gasteiger partial charge in [-0.15, -0.1) is 0 Å². The molecule has 0 bridgehead atoms. The predicted molar refractivity (Wildman–Crippen MR) is 128 cm³/mol. The fourth-order valence-corrected chi connectivity index (χ4v) is 5.98. The van der Waals surface area contributed by atoms with E-state index in [0.717, 1.165) is 33.4 Å². The molecule has 0 radical (unpaired) electrons. The maximum Gasteiger partial charge on any atom is 0.264 e. The molecule has 0 spiro atoms. The summed E-state index contributed by atoms with van der Waals surface area (Å²) in [6.07, 6.45) is 0. The third kappa shape index (κ3) is 3.17. The summed E-state index contributed by atoms with van der Waals surface area (Å²) < 4.78 is 40.1. The molecule has 0 aliphatic carbocycles. The molecule has 0 amide bonds. The molecule has 33 heavy (non-hydrogen) atoms. The summed E-state index contributed by atoms with van der Waals surface area (Å²) in [5, 5.41) is 0. The van der Waals surface area contributed by atoms with E-state index in [-0.39, 0.29) is 18.2 Å². The molecule has 5 nitrogen and oxygen atoms in total. The quantitative estimate of drug-likeness (QED) is 0.394. The summed E-state index contributed by atoms with van der Waals surface area (Å²) in [5.41, 5.74) is 6.48. The lowest BCUT2D eigenvalue weighted by atomic mass is 9.88. The van der Waals surface area contributed by atoms with Crippen molar-refractivity contribution in [2.24, 2.45) is 0 Å². The first-order valence-corrected chi connectivity index (χ1v) is 12.2. The summed E-state index contributed by atoms with van der Waals surface area (Å²) in [7, 11) is -3.75. The first-order valence-electron chi connectivity index (χ1n) is 10.7. The van der Waals surface area contributed by atoms with Gasteiger partial charge in [-0.1, -0.05) is 60.2 Å². The predicted octanol–water partition coefficient (Wildman–Crippen LogP) is 5.77. The summed E-state index contributed by atoms with van der Waals surface area (Å²) in [4.78, 5) is 0.284. The van der Waals surface area contributed by atoms with Crippen LogP contribution in [-0.2, 0) is 16.6 Å². The van der Waals surface area contributed by atoms with Crippen LogP contribution in [0.15, 0.2) is 89.8 Å². The Morgan fingerprint density at radius 2 is 1.55 bits per heavy atom. The number of nitrogens with zero attached hydrogens (tertiary/aromatic N) is 1. The Labute approximate surface area is 192 Å². The fourth-order valence-electron chi connectivity index (χ4n) is 4.53. The highest BCUT2D eigenvalue weighted by molar-refractivity contribution is 7.92. The summed E-state index contributed by atoms with van der Waals surface area (Å²) in [6, 6.07) is 26.6. The number of hydrogen-bond acceptors (Lipinski definition) is 4. The van der Waals surface area contributed by atoms with Crippen molar-refractivity contribution in [1.29, 1.82) is 0 Å². The molecule has 4 aromatic rings. The van der Waals surface area contributed by atoms with Crippen molar-refractivity contribution < 1.29 is 17.9 Å². The molecule has 0 saturated heterocycles. The van der Waals surface area contributed by atoms with Gasteiger partial charge in [0.25, 0.3) is 10.0 Å². The molecule has 4 aromatic carbocycles. The minimum Gasteiger partial charge on any atom is -0.454 e. The van der Waals surface area contributed by atoms with Gasteiger partial charge < -0.3 is 9.47 Å². The van der Waals surface area contributed by atoms with E-state index >= 15 is 0 Å². The lowest BCUT2D eigenvalue weighted by Gasteiger charge is -2.33. The highest BCUT2D eigenvalue weighted by Gasteiger charge is 2.33. The van der Waals surface area contributed by atoms with E-state index in [1.807, 2.05) is 73.7 Å². The number of fused-ring (bicyclic) bond motifs is 4. The Kier molecular flexibility index (Phi) is 4.45. The fraction of sp³-hybridized carbons (Fsp3) is 0.111. The van der Waals surface area contributed by atoms with E-state index in [1.54, 1.807) is 12.1 Å². The molecule has 6 rings (SSSR count). The minimum absolute atomic E-state index is 0.205. The Bertz CT molecular complexity index is 1490. The average molecular weight is 456 g/mol. The topological polar surface area (TPSA) is 55.8 Å². The van der Waals surface area contributed by atoms with Crippen LogP contribution in [0.25, 0.3) is 22.3 Å². The maximum atomic E-state index is 13.8. The lowest BCUT2D eigenvalue weighted by Crippen LogP contribution is -2.33. The van der Waals surface area contributed by atoms with Crippen molar-refractivity contribution in [2.75, 3.05) is 11.1 Å². The van der Waals surface area contributed by atoms with E-state index in [1.165, 1.54) is 4.31 Å². The third-order valence-electron chi connectivity index (χ3n) is 6.20. The lowest BCUT2D eigenvalue weighted by molar-refractivity contribution is 0.174. The van der Waals surface area contributed by atoms with Crippen LogP contribution in [0.3, 0.4) is 0 Å². The van der Waals surface area contributed by atoms with Crippen LogP contribution >= 0.6 is 0 Å². The second kappa shape index (κ2) is 7.39. The van der Waals surface area contributed by atoms with E-state index in [4.69, 9.17) is 9.47 Å². The molecule has 2 aliphatic rings. The zero-order valence-corrected chi connectivity index (χ0v) is 18.8. The monoisotopic (exact) mass is 455 g/mol. The normalized spacial score (nSPS) is 14.0. The summed E-state index contributed by atoms with van der Waals surface area (Å²) in [5.74, 6) is 1.41. The van der Waals surface area contributed by atoms with Crippen LogP contribution in [0.4, 0.5) is 5.69 Å². The number of rotatable bonds is 3. The Morgan fingerprint density at radius 3 is 2.39 bits per heavy atom. The van der Waals surface area contributed by atoms with E-state index in [2.05, 4.69) is 6.07 Å². The SMILES string of the molecule is Cc1ccc(S(=O)(=O)N2Cc3ccccc3-c3c(-c4ccc5c(c4)OCO5)cccc32)cc1. The number of benzene rings is 4. The third-order valence-corrected chi connectivity index (χ3v) is 7.98. The van der Waals surface area contributed by atoms with Gasteiger partial charge in [0, 0.05) is 5.56 Å². The van der Waals surface area contributed by atoms with Crippen LogP contribution in [-0.4, -0.2) is 15.2 Å². The number of aryl methyl sites for hydroxylation is 1. The second-order valence-electron chi connectivity index (χ2n) is 8.25. The average Bonchev–Trinajstić information content (AvgIpc) is 3.31. The van der Waals surface area contributed by atoms with Crippen molar-refractivity contribution in [3.63, 3.8) is 0 Å². The van der Waals surface area contributed by atoms with Crippen molar-refractivity contribution in [3.05, 3.63) is 96.1 Å². The number of sulfonamides is 1. The van der Waals surface area contributed by atoms with Gasteiger partial charge in [-0.3, -0.25) is 4.31 Å². The molecule has 2 aliphatic heterocycles. The first kappa shape index (κ1) is 19.9. The Morgan fingerprint density at radius 1 is 0.788 bits per heavy atom. The van der Waals surface area contributed by atoms with E-state index in [0.29, 0.717) is 17.2 Å². The van der Waals surface area contributed by atoms with Crippen LogP contribution < -0.4 is 13.8 Å². The Hall–Kier alpha value is -3.77. The summed E-state index contributed by atoms with van der Waals surface area (Å²) >= 11 is 0. The highest BCUT2D eigenvalue weighted by atomic mass is 32.2. The van der Waals surface area contributed by atoms with Crippen LogP contribution in [0.1, 0.15) is 11.1 Å². The van der Waals surface area contributed by atoms with Gasteiger partial charge in [0.05, 0.1) is 17.1 Å². The van der Waals surface area contributed by atoms with Crippen molar-refractivity contribution in [2.45, 2.75) is 18.4 Å². The van der Waals surface area contributed by atoms with Gasteiger partial charge in [0.15, 0.2) is 11.5 Å². The van der Waals surface area contributed by atoms with Crippen molar-refractivity contribution >= 4 is 15.7 Å². The van der Waals surface area contributed by atoms with Crippen LogP contribution in [0.5, 0.6) is 11.5 Å². The zero-order valence-electron chi connectivity index (χ0n) is 18.0. The Balaban J connectivity index is 1.57. The molecule has 2 heterocycles. The van der Waals surface area contributed by atoms with Crippen molar-refractivity contribution in [3.8, 4) is 33.8 Å². The molecule has 0 atom stereocenters. The number of hydrogen-bond donors (Lipinski definition) is 0. The molecule has 0 unspecified atom stereocenters. The zero-order chi connectivity index (χ0) is 22.6. The summed E-state index contributed by atoms with van der Waals surface area (Å²) in [6.45, 7) is 2.43. The van der Waals surface area contributed by atoms with Gasteiger partial charge in [-0.25, -0.2) is 8.42 Å². The second-order valence-corrected chi connectivity index (χ2v) is 10.1. The van der Waals surface area contributed by atoms with E-state index < -0.39 is 10.0 Å². The molecule has 0 fully saturated rings. The van der Waals surface area contributed by atoms with Crippen LogP contribution in [0, 0.1) is 6.92 Å². The molecule has 6 heteroatoms. The smallest absolute Gasteiger partial charge is 0.264 e. The first-order chi connectivity index (χ1) is 16.0. The molecular weight excluding hydrogens is 434 g/mol. The van der Waals surface area contributed by atoms with Crippen LogP contribution in [0.2, 0.25) is 0 Å². The molecule has 0 N–H and O–H groups in total. The van der Waals surface area contributed by atoms with E-state index in [9.17, 15) is 8.42 Å². The minimum atomic E-state index is -3.75. The van der Waals surface area contributed by atoms with Gasteiger partial charge in [0.1, 0.15) is 0 Å². The largest absolute Gasteiger partial charge is 0.454 e. The molecule has 0 aromatic heterocycles. The molecular formula is C27H21NO4S. The van der Waals surface area contributed by atoms with Gasteiger partial charge in [-0.05, 0) is 59.5 Å². The van der Waals surface area contributed by atoms with Gasteiger partial charge in [0.2, 0.25) is 6.79 Å². The number of anilines is 1. The molecule has 0 saturated carbocycles. The standard InChI is InChI=1S/C27H21NO4S/c1-18-9-12-21(13-10-18)33(29,30)28-16-20-5-2-3-6-23(20)27-22(7-4-8-24(27)28)19-11-14-25-26(15-19)32-17-31-25/h2-15H,16-17H2,1H3. The van der Waals surface area contributed by atoms with Crippen molar-refractivity contribution in [1.82, 2.24) is 0 Å². The molecule has 164 valence electrons. The van der Waals surface area contributed by atoms with Gasteiger partial charge >= 0.3 is 0 Å². The number of ether oxygens (including phenoxy) is 2. The van der Waals surface area contributed by atoms with Gasteiger partial charge in [-0.2, -0.15) is 0 Å².